The first-order chi connectivity index (χ1) is 13.6. The Hall–Kier alpha value is -1.77. The number of carbonyl (C=O) groups excluding carboxylic acids is 2. The number of nitrogens with one attached hydrogen (secondary N) is 3. The van der Waals surface area contributed by atoms with Crippen molar-refractivity contribution in [2.45, 2.75) is 9.96 Å². The van der Waals surface area contributed by atoms with E-state index in [-0.39, 0.29) is 21.3 Å². The smallest absolute Gasteiger partial charge is 0.339 e. The molecule has 11 heteroatoms. The lowest BCUT2D eigenvalue weighted by atomic mass is 10.2. The van der Waals surface area contributed by atoms with Crippen LogP contribution >= 0.6 is 58.6 Å². The highest BCUT2D eigenvalue weighted by Crippen LogP contribution is 2.30. The second-order valence-electron chi connectivity index (χ2n) is 5.56. The van der Waals surface area contributed by atoms with Gasteiger partial charge in [0.2, 0.25) is 3.79 Å². The first-order valence-corrected chi connectivity index (χ1v) is 9.92. The van der Waals surface area contributed by atoms with Gasteiger partial charge in [-0.25, -0.2) is 4.79 Å². The van der Waals surface area contributed by atoms with Crippen molar-refractivity contribution in [2.24, 2.45) is 0 Å². The molecule has 0 saturated carbocycles. The van der Waals surface area contributed by atoms with E-state index in [1.54, 1.807) is 42.5 Å². The molecule has 0 spiro atoms. The molecule has 6 nitrogen and oxygen atoms in total. The fourth-order valence-electron chi connectivity index (χ4n) is 2.22. The Balaban J connectivity index is 2.15. The number of rotatable bonds is 5. The number of para-hydroxylation sites is 1. The van der Waals surface area contributed by atoms with Gasteiger partial charge in [-0.15, -0.1) is 0 Å². The van der Waals surface area contributed by atoms with Crippen LogP contribution in [0.5, 0.6) is 0 Å². The van der Waals surface area contributed by atoms with Crippen LogP contribution in [0.3, 0.4) is 0 Å². The zero-order chi connectivity index (χ0) is 21.6. The van der Waals surface area contributed by atoms with Gasteiger partial charge < -0.3 is 20.7 Å². The highest BCUT2D eigenvalue weighted by Gasteiger charge is 2.35. The second-order valence-corrected chi connectivity index (χ2v) is 8.75. The Labute approximate surface area is 192 Å². The quantitative estimate of drug-likeness (QED) is 0.245. The van der Waals surface area contributed by atoms with Crippen LogP contribution in [0.1, 0.15) is 20.7 Å². The third kappa shape index (κ3) is 6.62. The van der Waals surface area contributed by atoms with E-state index in [2.05, 4.69) is 16.0 Å². The van der Waals surface area contributed by atoms with E-state index in [9.17, 15) is 9.59 Å². The maximum absolute atomic E-state index is 12.5. The van der Waals surface area contributed by atoms with Gasteiger partial charge in [0.25, 0.3) is 5.91 Å². The van der Waals surface area contributed by atoms with E-state index in [0.717, 1.165) is 0 Å². The summed E-state index contributed by atoms with van der Waals surface area (Å²) < 4.78 is 2.78. The van der Waals surface area contributed by atoms with E-state index >= 15 is 0 Å². The maximum atomic E-state index is 12.5. The molecule has 0 unspecified atom stereocenters. The van der Waals surface area contributed by atoms with Crippen molar-refractivity contribution in [3.8, 4) is 0 Å². The lowest BCUT2D eigenvalue weighted by Crippen LogP contribution is -2.56. The minimum absolute atomic E-state index is 0.00265. The van der Waals surface area contributed by atoms with E-state index in [1.807, 2.05) is 0 Å². The van der Waals surface area contributed by atoms with Crippen LogP contribution in [-0.2, 0) is 4.74 Å². The molecule has 29 heavy (non-hydrogen) atoms. The zero-order valence-electron chi connectivity index (χ0n) is 14.8. The molecule has 0 radical (unpaired) electrons. The lowest BCUT2D eigenvalue weighted by molar-refractivity contribution is 0.0601. The number of benzene rings is 2. The zero-order valence-corrected chi connectivity index (χ0v) is 18.7. The van der Waals surface area contributed by atoms with Crippen molar-refractivity contribution in [3.05, 3.63) is 64.7 Å². The summed E-state index contributed by atoms with van der Waals surface area (Å²) in [6, 6.07) is 13.0. The molecule has 2 aromatic rings. The van der Waals surface area contributed by atoms with Gasteiger partial charge in [0.05, 0.1) is 28.9 Å². The van der Waals surface area contributed by atoms with Crippen molar-refractivity contribution in [1.29, 1.82) is 0 Å². The second kappa shape index (κ2) is 10.3. The standard InChI is InChI=1S/C18H15Cl4N3O3S/c1-28-15(27)11-7-3-5-9-13(11)23-17(29)25-16(18(20,21)22)24-14(26)10-6-2-4-8-12(10)19/h2-9,16H,1H3,(H,24,26)(H2,23,25,29)/t16-/m0/s1. The predicted octanol–water partition coefficient (Wildman–Crippen LogP) is 4.54. The monoisotopic (exact) mass is 493 g/mol. The molecule has 0 aliphatic rings. The summed E-state index contributed by atoms with van der Waals surface area (Å²) in [4.78, 5) is 24.4. The van der Waals surface area contributed by atoms with Crippen LogP contribution in [0, 0.1) is 0 Å². The van der Waals surface area contributed by atoms with E-state index < -0.39 is 21.8 Å². The number of anilines is 1. The third-order valence-corrected chi connectivity index (χ3v) is 4.78. The molecule has 0 aliphatic heterocycles. The van der Waals surface area contributed by atoms with Crippen molar-refractivity contribution < 1.29 is 14.3 Å². The topological polar surface area (TPSA) is 79.5 Å². The number of halogens is 4. The number of carbonyl (C=O) groups is 2. The molecule has 1 atom stereocenters. The first kappa shape index (κ1) is 23.5. The van der Waals surface area contributed by atoms with Crippen LogP contribution < -0.4 is 16.0 Å². The molecule has 0 saturated heterocycles. The normalized spacial score (nSPS) is 11.9. The van der Waals surface area contributed by atoms with Gasteiger partial charge in [-0.1, -0.05) is 70.7 Å². The van der Waals surface area contributed by atoms with Crippen LogP contribution in [0.25, 0.3) is 0 Å². The van der Waals surface area contributed by atoms with Gasteiger partial charge in [-0.05, 0) is 36.5 Å². The molecule has 3 N–H and O–H groups in total. The van der Waals surface area contributed by atoms with E-state index in [4.69, 9.17) is 63.4 Å². The molecule has 2 aromatic carbocycles. The Morgan fingerprint density at radius 2 is 1.59 bits per heavy atom. The summed E-state index contributed by atoms with van der Waals surface area (Å²) in [6.45, 7) is 0. The maximum Gasteiger partial charge on any atom is 0.339 e. The number of hydrogen-bond donors (Lipinski definition) is 3. The van der Waals surface area contributed by atoms with Gasteiger partial charge in [0, 0.05) is 0 Å². The van der Waals surface area contributed by atoms with Crippen molar-refractivity contribution in [1.82, 2.24) is 10.6 Å². The van der Waals surface area contributed by atoms with Gasteiger partial charge in [-0.3, -0.25) is 4.79 Å². The number of alkyl halides is 3. The number of ether oxygens (including phenoxy) is 1. The van der Waals surface area contributed by atoms with Gasteiger partial charge >= 0.3 is 5.97 Å². The SMILES string of the molecule is COC(=O)c1ccccc1NC(=S)N[C@H](NC(=O)c1ccccc1Cl)C(Cl)(Cl)Cl. The highest BCUT2D eigenvalue weighted by atomic mass is 35.6. The summed E-state index contributed by atoms with van der Waals surface area (Å²) in [5, 5.41) is 8.29. The van der Waals surface area contributed by atoms with Crippen molar-refractivity contribution in [3.63, 3.8) is 0 Å². The summed E-state index contributed by atoms with van der Waals surface area (Å²) in [5.74, 6) is -1.13. The Kier molecular flexibility index (Phi) is 8.36. The first-order valence-electron chi connectivity index (χ1n) is 8.00. The summed E-state index contributed by atoms with van der Waals surface area (Å²) in [6.07, 6.45) is -1.21. The predicted molar refractivity (Wildman–Crippen MR) is 120 cm³/mol. The molecule has 154 valence electrons. The van der Waals surface area contributed by atoms with Crippen LogP contribution in [0.15, 0.2) is 48.5 Å². The molecule has 0 heterocycles. The highest BCUT2D eigenvalue weighted by molar-refractivity contribution is 7.80. The van der Waals surface area contributed by atoms with Gasteiger partial charge in [-0.2, -0.15) is 0 Å². The summed E-state index contributed by atoms with van der Waals surface area (Å²) >= 11 is 29.2. The van der Waals surface area contributed by atoms with Crippen LogP contribution in [0.2, 0.25) is 5.02 Å². The van der Waals surface area contributed by atoms with E-state index in [0.29, 0.717) is 5.69 Å². The lowest BCUT2D eigenvalue weighted by Gasteiger charge is -2.28. The molecular formula is C18H15Cl4N3O3S. The van der Waals surface area contributed by atoms with Gasteiger partial charge in [0.15, 0.2) is 5.11 Å². The largest absolute Gasteiger partial charge is 0.465 e. The average molecular weight is 495 g/mol. The van der Waals surface area contributed by atoms with Crippen molar-refractivity contribution >= 4 is 81.3 Å². The number of thiocarbonyl (C=S) groups is 1. The summed E-state index contributed by atoms with van der Waals surface area (Å²) in [5.41, 5.74) is 0.826. The number of hydrogen-bond acceptors (Lipinski definition) is 4. The molecule has 0 aromatic heterocycles. The molecule has 0 aliphatic carbocycles. The van der Waals surface area contributed by atoms with Gasteiger partial charge in [0.1, 0.15) is 6.17 Å². The minimum Gasteiger partial charge on any atom is -0.465 e. The summed E-state index contributed by atoms with van der Waals surface area (Å²) in [7, 11) is 1.26. The molecule has 0 bridgehead atoms. The van der Waals surface area contributed by atoms with E-state index in [1.165, 1.54) is 13.2 Å². The Morgan fingerprint density at radius 1 is 1.00 bits per heavy atom. The Morgan fingerprint density at radius 3 is 2.17 bits per heavy atom. The molecule has 0 fully saturated rings. The number of amides is 1. The molecule has 2 rings (SSSR count). The Bertz CT molecular complexity index is 921. The molecule has 1 amide bonds. The van der Waals surface area contributed by atoms with Crippen LogP contribution in [-0.4, -0.2) is 34.1 Å². The van der Waals surface area contributed by atoms with Crippen molar-refractivity contribution in [2.75, 3.05) is 12.4 Å². The average Bonchev–Trinajstić information content (AvgIpc) is 2.66. The van der Waals surface area contributed by atoms with Crippen LogP contribution in [0.4, 0.5) is 5.69 Å². The minimum atomic E-state index is -1.95. The fraction of sp³-hybridized carbons (Fsp3) is 0.167. The number of esters is 1. The molecular weight excluding hydrogens is 480 g/mol. The third-order valence-electron chi connectivity index (χ3n) is 3.58. The number of methoxy groups -OCH3 is 1. The fourth-order valence-corrected chi connectivity index (χ4v) is 3.00.